The first-order valence-corrected chi connectivity index (χ1v) is 13.3. The quantitative estimate of drug-likeness (QED) is 0.199. The standard InChI is InChI=1S/C33H36FN5O/c1-8-36-30-15-16-37-33(32(30)35-6)39-29-14-10-13-26(22(29)5)25-12-9-11-24(21(25)4)23-17-28(34)27(19-38-20(2)3)31(18-23)40-7/h8-18,20,38H,6,19H2,1-5,7H3,(H,37,39). The number of nitrogens with zero attached hydrogens (tertiary/aromatic N) is 3. The Morgan fingerprint density at radius 1 is 1.02 bits per heavy atom. The monoisotopic (exact) mass is 537 g/mol. The van der Waals surface area contributed by atoms with Crippen molar-refractivity contribution >= 4 is 35.8 Å². The number of ether oxygens (including phenoxy) is 1. The highest BCUT2D eigenvalue weighted by molar-refractivity contribution is 5.86. The van der Waals surface area contributed by atoms with E-state index in [4.69, 9.17) is 4.74 Å². The molecule has 0 radical (unpaired) electrons. The van der Waals surface area contributed by atoms with Crippen LogP contribution in [-0.2, 0) is 6.54 Å². The fraction of sp³-hybridized carbons (Fsp3) is 0.242. The second-order valence-electron chi connectivity index (χ2n) is 9.83. The number of pyridine rings is 1. The number of hydrogen-bond donors (Lipinski definition) is 2. The Labute approximate surface area is 236 Å². The van der Waals surface area contributed by atoms with Gasteiger partial charge in [0.25, 0.3) is 0 Å². The van der Waals surface area contributed by atoms with E-state index in [9.17, 15) is 0 Å². The molecule has 0 bridgehead atoms. The SMILES string of the molecule is C=Nc1c(N=CC)ccnc1Nc1cccc(-c2cccc(-c3cc(F)c(CNC(C)C)c(OC)c3)c2C)c1C. The van der Waals surface area contributed by atoms with Crippen molar-refractivity contribution in [3.63, 3.8) is 0 Å². The van der Waals surface area contributed by atoms with E-state index in [-0.39, 0.29) is 11.9 Å². The van der Waals surface area contributed by atoms with E-state index in [1.54, 1.807) is 31.7 Å². The van der Waals surface area contributed by atoms with E-state index < -0.39 is 0 Å². The van der Waals surface area contributed by atoms with Crippen molar-refractivity contribution in [2.75, 3.05) is 12.4 Å². The van der Waals surface area contributed by atoms with Crippen LogP contribution < -0.4 is 15.4 Å². The minimum Gasteiger partial charge on any atom is -0.496 e. The van der Waals surface area contributed by atoms with E-state index in [0.29, 0.717) is 35.1 Å². The Balaban J connectivity index is 1.75. The van der Waals surface area contributed by atoms with E-state index in [1.165, 1.54) is 0 Å². The summed E-state index contributed by atoms with van der Waals surface area (Å²) in [5.41, 5.74) is 8.63. The molecule has 1 heterocycles. The summed E-state index contributed by atoms with van der Waals surface area (Å²) in [4.78, 5) is 13.0. The van der Waals surface area contributed by atoms with Gasteiger partial charge in [-0.05, 0) is 85.1 Å². The minimum atomic E-state index is -0.288. The maximum atomic E-state index is 15.3. The molecule has 0 unspecified atom stereocenters. The van der Waals surface area contributed by atoms with Crippen LogP contribution in [0.2, 0.25) is 0 Å². The molecule has 7 heteroatoms. The fourth-order valence-electron chi connectivity index (χ4n) is 4.79. The lowest BCUT2D eigenvalue weighted by molar-refractivity contribution is 0.400. The molecular weight excluding hydrogens is 501 g/mol. The van der Waals surface area contributed by atoms with E-state index in [0.717, 1.165) is 39.1 Å². The number of rotatable bonds is 10. The van der Waals surface area contributed by atoms with Gasteiger partial charge >= 0.3 is 0 Å². The molecule has 206 valence electrons. The molecule has 0 aliphatic heterocycles. The molecule has 0 saturated carbocycles. The zero-order chi connectivity index (χ0) is 28.8. The summed E-state index contributed by atoms with van der Waals surface area (Å²) in [7, 11) is 1.58. The number of aliphatic imine (C=N–C) groups is 2. The molecule has 3 aromatic carbocycles. The number of hydrogen-bond acceptors (Lipinski definition) is 6. The lowest BCUT2D eigenvalue weighted by atomic mass is 9.90. The Morgan fingerprint density at radius 2 is 1.73 bits per heavy atom. The lowest BCUT2D eigenvalue weighted by Gasteiger charge is -2.19. The van der Waals surface area contributed by atoms with Crippen molar-refractivity contribution in [1.29, 1.82) is 0 Å². The van der Waals surface area contributed by atoms with Gasteiger partial charge in [-0.1, -0.05) is 44.2 Å². The molecule has 0 saturated heterocycles. The van der Waals surface area contributed by atoms with Gasteiger partial charge in [0.1, 0.15) is 17.3 Å². The Morgan fingerprint density at radius 3 is 2.40 bits per heavy atom. The average Bonchev–Trinajstić information content (AvgIpc) is 2.93. The summed E-state index contributed by atoms with van der Waals surface area (Å²) < 4.78 is 20.9. The summed E-state index contributed by atoms with van der Waals surface area (Å²) >= 11 is 0. The summed E-state index contributed by atoms with van der Waals surface area (Å²) in [6, 6.07) is 17.8. The molecule has 0 atom stereocenters. The van der Waals surface area contributed by atoms with Gasteiger partial charge in [0, 0.05) is 36.2 Å². The molecule has 4 rings (SSSR count). The van der Waals surface area contributed by atoms with Gasteiger partial charge in [0.05, 0.1) is 12.8 Å². The van der Waals surface area contributed by atoms with Gasteiger partial charge in [0.2, 0.25) is 0 Å². The molecule has 40 heavy (non-hydrogen) atoms. The van der Waals surface area contributed by atoms with Crippen LogP contribution in [0.15, 0.2) is 70.8 Å². The molecule has 2 N–H and O–H groups in total. The van der Waals surface area contributed by atoms with Gasteiger partial charge in [-0.3, -0.25) is 9.98 Å². The number of halogens is 1. The summed E-state index contributed by atoms with van der Waals surface area (Å²) in [5, 5.41) is 6.70. The number of benzene rings is 3. The second-order valence-corrected chi connectivity index (χ2v) is 9.83. The van der Waals surface area contributed by atoms with Crippen LogP contribution in [0, 0.1) is 19.7 Å². The Bertz CT molecular complexity index is 1560. The first kappa shape index (κ1) is 28.6. The van der Waals surface area contributed by atoms with Crippen molar-refractivity contribution < 1.29 is 9.13 Å². The molecule has 0 aliphatic rings. The Hall–Kier alpha value is -4.36. The minimum absolute atomic E-state index is 0.236. The number of aromatic nitrogens is 1. The van der Waals surface area contributed by atoms with Crippen LogP contribution in [0.5, 0.6) is 5.75 Å². The fourth-order valence-corrected chi connectivity index (χ4v) is 4.79. The summed E-state index contributed by atoms with van der Waals surface area (Å²) in [6.07, 6.45) is 3.41. The molecular formula is C33H36FN5O. The van der Waals surface area contributed by atoms with Crippen molar-refractivity contribution in [2.24, 2.45) is 9.98 Å². The molecule has 0 spiro atoms. The molecule has 0 aliphatic carbocycles. The van der Waals surface area contributed by atoms with Crippen LogP contribution in [-0.4, -0.2) is 31.1 Å². The van der Waals surface area contributed by atoms with Crippen molar-refractivity contribution in [3.8, 4) is 28.0 Å². The highest BCUT2D eigenvalue weighted by Crippen LogP contribution is 2.40. The van der Waals surface area contributed by atoms with Crippen LogP contribution in [0.25, 0.3) is 22.3 Å². The van der Waals surface area contributed by atoms with Gasteiger partial charge in [-0.25, -0.2) is 9.37 Å². The normalized spacial score (nSPS) is 11.3. The van der Waals surface area contributed by atoms with Crippen molar-refractivity contribution in [1.82, 2.24) is 10.3 Å². The van der Waals surface area contributed by atoms with Crippen molar-refractivity contribution in [2.45, 2.75) is 47.2 Å². The molecule has 0 amide bonds. The zero-order valence-corrected chi connectivity index (χ0v) is 24.0. The van der Waals surface area contributed by atoms with Gasteiger partial charge in [-0.15, -0.1) is 0 Å². The maximum absolute atomic E-state index is 15.3. The topological polar surface area (TPSA) is 70.9 Å². The first-order valence-electron chi connectivity index (χ1n) is 13.3. The Kier molecular flexibility index (Phi) is 9.07. The van der Waals surface area contributed by atoms with Gasteiger partial charge in [-0.2, -0.15) is 0 Å². The van der Waals surface area contributed by atoms with Gasteiger partial charge in [0.15, 0.2) is 5.82 Å². The first-order chi connectivity index (χ1) is 19.3. The van der Waals surface area contributed by atoms with E-state index in [1.807, 2.05) is 51.1 Å². The van der Waals surface area contributed by atoms with E-state index in [2.05, 4.69) is 58.3 Å². The van der Waals surface area contributed by atoms with Crippen LogP contribution in [0.3, 0.4) is 0 Å². The number of methoxy groups -OCH3 is 1. The second kappa shape index (κ2) is 12.7. The molecule has 6 nitrogen and oxygen atoms in total. The van der Waals surface area contributed by atoms with E-state index >= 15 is 4.39 Å². The molecule has 4 aromatic rings. The summed E-state index contributed by atoms with van der Waals surface area (Å²) in [5.74, 6) is 0.825. The molecule has 1 aromatic heterocycles. The average molecular weight is 538 g/mol. The number of anilines is 2. The third-order valence-corrected chi connectivity index (χ3v) is 6.91. The largest absolute Gasteiger partial charge is 0.496 e. The maximum Gasteiger partial charge on any atom is 0.158 e. The third-order valence-electron chi connectivity index (χ3n) is 6.91. The molecule has 0 fully saturated rings. The summed E-state index contributed by atoms with van der Waals surface area (Å²) in [6.45, 7) is 14.2. The highest BCUT2D eigenvalue weighted by Gasteiger charge is 2.17. The van der Waals surface area contributed by atoms with Crippen LogP contribution >= 0.6 is 0 Å². The lowest BCUT2D eigenvalue weighted by Crippen LogP contribution is -2.22. The highest BCUT2D eigenvalue weighted by atomic mass is 19.1. The zero-order valence-electron chi connectivity index (χ0n) is 24.0. The predicted octanol–water partition coefficient (Wildman–Crippen LogP) is 8.48. The predicted molar refractivity (Wildman–Crippen MR) is 166 cm³/mol. The van der Waals surface area contributed by atoms with Gasteiger partial charge < -0.3 is 15.4 Å². The number of nitrogens with one attached hydrogen (secondary N) is 2. The van der Waals surface area contributed by atoms with Crippen LogP contribution in [0.1, 0.15) is 37.5 Å². The third kappa shape index (κ3) is 5.95. The van der Waals surface area contributed by atoms with Crippen LogP contribution in [0.4, 0.5) is 27.3 Å². The smallest absolute Gasteiger partial charge is 0.158 e. The van der Waals surface area contributed by atoms with Crippen molar-refractivity contribution in [3.05, 3.63) is 83.3 Å².